The molecule has 2 fully saturated rings. The van der Waals surface area contributed by atoms with Gasteiger partial charge in [0.25, 0.3) is 0 Å². The van der Waals surface area contributed by atoms with E-state index in [0.29, 0.717) is 29.7 Å². The summed E-state index contributed by atoms with van der Waals surface area (Å²) in [4.78, 5) is 26.7. The maximum atomic E-state index is 13.1. The van der Waals surface area contributed by atoms with E-state index in [1.54, 1.807) is 4.68 Å². The summed E-state index contributed by atoms with van der Waals surface area (Å²) in [5.74, 6) is 0.110. The van der Waals surface area contributed by atoms with Crippen LogP contribution in [0.5, 0.6) is 5.75 Å². The standard InChI is InChI=1S/C23H22ClN3O4/c1-11-12-8-16-21(20(11)12)22(23(29)30)25-27(16)10-19(28)26-7-6-17(13-9-15(13)26)31-18-5-3-2-4-14(18)24/h2-5,13,15,17,20H,6-10H2,1H3,(H,29,30)/t13?,15?,17?,20-/m1/s1. The first-order valence-corrected chi connectivity index (χ1v) is 11.0. The van der Waals surface area contributed by atoms with Crippen molar-refractivity contribution in [2.45, 2.75) is 50.8 Å². The Hall–Kier alpha value is -2.80. The summed E-state index contributed by atoms with van der Waals surface area (Å²) in [6.45, 7) is 2.75. The minimum Gasteiger partial charge on any atom is -0.488 e. The molecule has 0 radical (unpaired) electrons. The number of amides is 1. The Bertz CT molecular complexity index is 1170. The lowest BCUT2D eigenvalue weighted by atomic mass is 10.1. The van der Waals surface area contributed by atoms with Crippen molar-refractivity contribution in [1.29, 1.82) is 0 Å². The summed E-state index contributed by atoms with van der Waals surface area (Å²) in [5, 5.41) is 14.5. The average molecular weight is 440 g/mol. The molecule has 8 heteroatoms. The Balaban J connectivity index is 1.15. The molecule has 1 aliphatic heterocycles. The number of rotatable bonds is 5. The fraction of sp³-hybridized carbons (Fsp3) is 0.435. The molecule has 2 heterocycles. The molecule has 160 valence electrons. The smallest absolute Gasteiger partial charge is 0.356 e. The summed E-state index contributed by atoms with van der Waals surface area (Å²) in [5.41, 5.74) is 4.32. The summed E-state index contributed by atoms with van der Waals surface area (Å²) >= 11 is 6.22. The lowest BCUT2D eigenvalue weighted by molar-refractivity contribution is -0.134. The van der Waals surface area contributed by atoms with Gasteiger partial charge in [-0.1, -0.05) is 34.9 Å². The van der Waals surface area contributed by atoms with Gasteiger partial charge >= 0.3 is 5.97 Å². The molecule has 4 aliphatic rings. The monoisotopic (exact) mass is 439 g/mol. The predicted octanol–water partition coefficient (Wildman–Crippen LogP) is 3.27. The Morgan fingerprint density at radius 1 is 1.32 bits per heavy atom. The molecule has 31 heavy (non-hydrogen) atoms. The number of benzene rings is 1. The maximum Gasteiger partial charge on any atom is 0.356 e. The zero-order valence-electron chi connectivity index (χ0n) is 17.0. The molecule has 1 saturated heterocycles. The van der Waals surface area contributed by atoms with Crippen LogP contribution in [-0.2, 0) is 17.8 Å². The molecule has 2 aromatic rings. The van der Waals surface area contributed by atoms with Gasteiger partial charge in [0.15, 0.2) is 5.69 Å². The van der Waals surface area contributed by atoms with E-state index >= 15 is 0 Å². The Morgan fingerprint density at radius 3 is 2.90 bits per heavy atom. The van der Waals surface area contributed by atoms with E-state index < -0.39 is 5.97 Å². The number of carbonyl (C=O) groups is 2. The number of halogens is 1. The van der Waals surface area contributed by atoms with Crippen LogP contribution in [0.1, 0.15) is 47.4 Å². The van der Waals surface area contributed by atoms with Gasteiger partial charge in [-0.3, -0.25) is 9.48 Å². The molecular formula is C23H22ClN3O4. The summed E-state index contributed by atoms with van der Waals surface area (Å²) in [7, 11) is 0. The van der Waals surface area contributed by atoms with Crippen molar-refractivity contribution < 1.29 is 19.4 Å². The highest BCUT2D eigenvalue weighted by Crippen LogP contribution is 2.56. The molecule has 4 atom stereocenters. The first kappa shape index (κ1) is 18.9. The number of likely N-dealkylation sites (tertiary alicyclic amines) is 1. The van der Waals surface area contributed by atoms with E-state index in [4.69, 9.17) is 16.3 Å². The topological polar surface area (TPSA) is 84.7 Å². The van der Waals surface area contributed by atoms with Crippen molar-refractivity contribution in [3.05, 3.63) is 57.4 Å². The van der Waals surface area contributed by atoms with Gasteiger partial charge in [-0.15, -0.1) is 0 Å². The van der Waals surface area contributed by atoms with Gasteiger partial charge in [-0.25, -0.2) is 4.79 Å². The van der Waals surface area contributed by atoms with Crippen molar-refractivity contribution >= 4 is 23.5 Å². The molecule has 7 nitrogen and oxygen atoms in total. The van der Waals surface area contributed by atoms with Crippen molar-refractivity contribution in [2.75, 3.05) is 6.54 Å². The van der Waals surface area contributed by atoms with Gasteiger partial charge in [-0.05, 0) is 25.5 Å². The molecular weight excluding hydrogens is 418 g/mol. The number of hydrogen-bond donors (Lipinski definition) is 1. The van der Waals surface area contributed by atoms with Crippen molar-refractivity contribution in [2.24, 2.45) is 5.92 Å². The van der Waals surface area contributed by atoms with Crippen LogP contribution < -0.4 is 4.74 Å². The first-order chi connectivity index (χ1) is 14.9. The van der Waals surface area contributed by atoms with Crippen LogP contribution >= 0.6 is 11.6 Å². The normalized spacial score (nSPS) is 27.5. The number of nitrogens with zero attached hydrogens (tertiary/aromatic N) is 3. The van der Waals surface area contributed by atoms with Gasteiger partial charge in [0.1, 0.15) is 18.4 Å². The number of para-hydroxylation sites is 1. The Morgan fingerprint density at radius 2 is 2.13 bits per heavy atom. The summed E-state index contributed by atoms with van der Waals surface area (Å²) in [6, 6.07) is 7.64. The number of aromatic nitrogens is 2. The summed E-state index contributed by atoms with van der Waals surface area (Å²) in [6.07, 6.45) is 2.44. The second-order valence-electron chi connectivity index (χ2n) is 8.92. The van der Waals surface area contributed by atoms with Gasteiger partial charge < -0.3 is 14.7 Å². The molecule has 1 N–H and O–H groups in total. The average Bonchev–Trinajstić information content (AvgIpc) is 3.56. The van der Waals surface area contributed by atoms with Gasteiger partial charge in [0.05, 0.1) is 5.02 Å². The zero-order chi connectivity index (χ0) is 21.4. The second-order valence-corrected chi connectivity index (χ2v) is 9.33. The molecule has 1 saturated carbocycles. The number of hydrogen-bond acceptors (Lipinski definition) is 4. The van der Waals surface area contributed by atoms with E-state index in [1.165, 1.54) is 11.1 Å². The highest BCUT2D eigenvalue weighted by Gasteiger charge is 2.53. The first-order valence-electron chi connectivity index (χ1n) is 10.7. The number of ether oxygens (including phenoxy) is 1. The van der Waals surface area contributed by atoms with Crippen LogP contribution in [-0.4, -0.2) is 50.4 Å². The molecule has 1 amide bonds. The minimum absolute atomic E-state index is 0.00259. The Kier molecular flexibility index (Phi) is 4.03. The van der Waals surface area contributed by atoms with E-state index in [9.17, 15) is 14.7 Å². The van der Waals surface area contributed by atoms with Crippen LogP contribution in [0.2, 0.25) is 5.02 Å². The van der Waals surface area contributed by atoms with Crippen molar-refractivity contribution in [3.63, 3.8) is 0 Å². The summed E-state index contributed by atoms with van der Waals surface area (Å²) < 4.78 is 7.77. The lowest BCUT2D eigenvalue weighted by Crippen LogP contribution is -2.44. The fourth-order valence-electron chi connectivity index (χ4n) is 5.47. The minimum atomic E-state index is -1.02. The zero-order valence-corrected chi connectivity index (χ0v) is 17.8. The largest absolute Gasteiger partial charge is 0.488 e. The second kappa shape index (κ2) is 6.60. The highest BCUT2D eigenvalue weighted by molar-refractivity contribution is 6.32. The van der Waals surface area contributed by atoms with Crippen molar-refractivity contribution in [3.8, 4) is 5.75 Å². The number of carbonyl (C=O) groups excluding carboxylic acids is 1. The number of aromatic carboxylic acids is 1. The van der Waals surface area contributed by atoms with Gasteiger partial charge in [0, 0.05) is 48.5 Å². The number of carboxylic acids is 1. The van der Waals surface area contributed by atoms with E-state index in [0.717, 1.165) is 24.1 Å². The third-order valence-electron chi connectivity index (χ3n) is 7.21. The maximum absolute atomic E-state index is 13.1. The van der Waals surface area contributed by atoms with Crippen LogP contribution in [0, 0.1) is 5.92 Å². The third kappa shape index (κ3) is 2.90. The van der Waals surface area contributed by atoms with Gasteiger partial charge in [0.2, 0.25) is 5.91 Å². The van der Waals surface area contributed by atoms with E-state index in [1.807, 2.05) is 36.1 Å². The third-order valence-corrected chi connectivity index (χ3v) is 7.52. The Labute approximate surface area is 184 Å². The number of piperidine rings is 1. The molecule has 0 bridgehead atoms. The molecule has 6 rings (SSSR count). The molecule has 1 aromatic carbocycles. The molecule has 1 aromatic heterocycles. The lowest BCUT2D eigenvalue weighted by Gasteiger charge is -2.32. The van der Waals surface area contributed by atoms with Gasteiger partial charge in [-0.2, -0.15) is 5.10 Å². The van der Waals surface area contributed by atoms with Crippen LogP contribution in [0.15, 0.2) is 35.4 Å². The van der Waals surface area contributed by atoms with Crippen LogP contribution in [0.25, 0.3) is 0 Å². The molecule has 3 unspecified atom stereocenters. The highest BCUT2D eigenvalue weighted by atomic mass is 35.5. The number of carboxylic acid groups (broad SMARTS) is 1. The van der Waals surface area contributed by atoms with E-state index in [2.05, 4.69) is 5.10 Å². The van der Waals surface area contributed by atoms with E-state index in [-0.39, 0.29) is 36.2 Å². The number of allylic oxidation sites excluding steroid dienone is 2. The predicted molar refractivity (Wildman–Crippen MR) is 112 cm³/mol. The quantitative estimate of drug-likeness (QED) is 0.723. The SMILES string of the molecule is CC1=C2Cc3c(c(C(=O)O)nn3CC(=O)N3CCC(Oc4ccccc4Cl)C4CC43)[C@H]12. The van der Waals surface area contributed by atoms with Crippen molar-refractivity contribution in [1.82, 2.24) is 14.7 Å². The number of fused-ring (bicyclic) bond motifs is 4. The fourth-order valence-corrected chi connectivity index (χ4v) is 5.65. The molecule has 0 spiro atoms. The van der Waals surface area contributed by atoms with Crippen LogP contribution in [0.4, 0.5) is 0 Å². The van der Waals surface area contributed by atoms with Crippen LogP contribution in [0.3, 0.4) is 0 Å². The molecule has 3 aliphatic carbocycles.